The number of hydrogen-bond donors (Lipinski definition) is 0. The van der Waals surface area contributed by atoms with Crippen LogP contribution in [-0.4, -0.2) is 12.6 Å². The van der Waals surface area contributed by atoms with Crippen molar-refractivity contribution in [2.45, 2.75) is 38.3 Å². The summed E-state index contributed by atoms with van der Waals surface area (Å²) >= 11 is 1.78. The number of esters is 1. The number of benzene rings is 2. The Morgan fingerprint density at radius 2 is 1.85 bits per heavy atom. The highest BCUT2D eigenvalue weighted by atomic mass is 32.2. The van der Waals surface area contributed by atoms with E-state index in [9.17, 15) is 10.1 Å². The SMILES string of the molecule is CCOC(=O)C(C#N)=Cc1cc(C)cc(CSc2ccc(C)cc2)c1C. The lowest BCUT2D eigenvalue weighted by Crippen LogP contribution is -2.06. The van der Waals surface area contributed by atoms with Gasteiger partial charge < -0.3 is 4.74 Å². The molecule has 0 saturated heterocycles. The quantitative estimate of drug-likeness (QED) is 0.299. The van der Waals surface area contributed by atoms with Crippen LogP contribution in [0.1, 0.15) is 34.7 Å². The molecule has 26 heavy (non-hydrogen) atoms. The van der Waals surface area contributed by atoms with Crippen LogP contribution < -0.4 is 0 Å². The first kappa shape index (κ1) is 19.8. The van der Waals surface area contributed by atoms with Gasteiger partial charge in [0.1, 0.15) is 11.6 Å². The summed E-state index contributed by atoms with van der Waals surface area (Å²) in [5.41, 5.74) is 5.53. The van der Waals surface area contributed by atoms with Gasteiger partial charge in [-0.2, -0.15) is 5.26 Å². The van der Waals surface area contributed by atoms with Crippen LogP contribution in [-0.2, 0) is 15.3 Å². The van der Waals surface area contributed by atoms with E-state index < -0.39 is 5.97 Å². The highest BCUT2D eigenvalue weighted by molar-refractivity contribution is 7.98. The summed E-state index contributed by atoms with van der Waals surface area (Å²) in [6, 6.07) is 14.6. The topological polar surface area (TPSA) is 50.1 Å². The van der Waals surface area contributed by atoms with Crippen molar-refractivity contribution in [1.29, 1.82) is 5.26 Å². The molecule has 0 unspecified atom stereocenters. The Hall–Kier alpha value is -2.51. The van der Waals surface area contributed by atoms with Gasteiger partial charge in [-0.1, -0.05) is 35.4 Å². The van der Waals surface area contributed by atoms with Crippen molar-refractivity contribution in [2.24, 2.45) is 0 Å². The van der Waals surface area contributed by atoms with Gasteiger partial charge in [0.25, 0.3) is 0 Å². The third kappa shape index (κ3) is 5.24. The van der Waals surface area contributed by atoms with Crippen molar-refractivity contribution in [3.05, 3.63) is 69.8 Å². The third-order valence-electron chi connectivity index (χ3n) is 4.03. The number of nitrogens with zero attached hydrogens (tertiary/aromatic N) is 1. The van der Waals surface area contributed by atoms with Crippen molar-refractivity contribution >= 4 is 23.8 Å². The molecule has 0 saturated carbocycles. The first-order valence-electron chi connectivity index (χ1n) is 8.53. The fourth-order valence-corrected chi connectivity index (χ4v) is 3.51. The molecule has 2 rings (SSSR count). The number of hydrogen-bond acceptors (Lipinski definition) is 4. The molecular formula is C22H23NO2S. The minimum atomic E-state index is -0.577. The Morgan fingerprint density at radius 3 is 2.46 bits per heavy atom. The zero-order valence-corrected chi connectivity index (χ0v) is 16.4. The van der Waals surface area contributed by atoms with Crippen LogP contribution in [0.3, 0.4) is 0 Å². The van der Waals surface area contributed by atoms with Gasteiger partial charge in [-0.3, -0.25) is 0 Å². The smallest absolute Gasteiger partial charge is 0.348 e. The Morgan fingerprint density at radius 1 is 1.15 bits per heavy atom. The van der Waals surface area contributed by atoms with E-state index in [4.69, 9.17) is 4.74 Å². The number of ether oxygens (including phenoxy) is 1. The molecule has 0 atom stereocenters. The van der Waals surface area contributed by atoms with E-state index in [1.165, 1.54) is 16.0 Å². The van der Waals surface area contributed by atoms with E-state index in [1.54, 1.807) is 24.8 Å². The Bertz CT molecular complexity index is 861. The Kier molecular flexibility index (Phi) is 7.06. The highest BCUT2D eigenvalue weighted by Gasteiger charge is 2.12. The molecule has 0 bridgehead atoms. The zero-order valence-electron chi connectivity index (χ0n) is 15.6. The molecule has 0 fully saturated rings. The summed E-state index contributed by atoms with van der Waals surface area (Å²) in [5, 5.41) is 9.27. The lowest BCUT2D eigenvalue weighted by molar-refractivity contribution is -0.137. The van der Waals surface area contributed by atoms with Crippen molar-refractivity contribution in [2.75, 3.05) is 6.61 Å². The molecule has 0 radical (unpaired) electrons. The van der Waals surface area contributed by atoms with E-state index in [0.717, 1.165) is 22.4 Å². The van der Waals surface area contributed by atoms with Gasteiger partial charge in [0.05, 0.1) is 6.61 Å². The van der Waals surface area contributed by atoms with Gasteiger partial charge in [0.15, 0.2) is 0 Å². The van der Waals surface area contributed by atoms with E-state index in [1.807, 2.05) is 26.0 Å². The van der Waals surface area contributed by atoms with Gasteiger partial charge in [-0.25, -0.2) is 4.79 Å². The number of rotatable bonds is 6. The van der Waals surface area contributed by atoms with Gasteiger partial charge >= 0.3 is 5.97 Å². The molecule has 3 nitrogen and oxygen atoms in total. The standard InChI is InChI=1S/C22H23NO2S/c1-5-25-22(24)19(13-23)12-18-10-16(3)11-20(17(18)4)14-26-21-8-6-15(2)7-9-21/h6-12H,5,14H2,1-4H3. The van der Waals surface area contributed by atoms with Gasteiger partial charge in [0.2, 0.25) is 0 Å². The molecular weight excluding hydrogens is 342 g/mol. The summed E-state index contributed by atoms with van der Waals surface area (Å²) in [6.45, 7) is 8.10. The molecule has 134 valence electrons. The average molecular weight is 365 g/mol. The minimum absolute atomic E-state index is 0.0256. The monoisotopic (exact) mass is 365 g/mol. The summed E-state index contributed by atoms with van der Waals surface area (Å²) in [7, 11) is 0. The van der Waals surface area contributed by atoms with Crippen LogP contribution in [0.25, 0.3) is 6.08 Å². The molecule has 0 aliphatic heterocycles. The van der Waals surface area contributed by atoms with Gasteiger partial charge in [-0.15, -0.1) is 11.8 Å². The number of thioether (sulfide) groups is 1. The maximum atomic E-state index is 11.9. The fraction of sp³-hybridized carbons (Fsp3) is 0.273. The van der Waals surface area contributed by atoms with E-state index in [0.29, 0.717) is 0 Å². The number of carbonyl (C=O) groups is 1. The lowest BCUT2D eigenvalue weighted by Gasteiger charge is -2.11. The molecule has 2 aromatic carbocycles. The van der Waals surface area contributed by atoms with Crippen molar-refractivity contribution in [3.63, 3.8) is 0 Å². The lowest BCUT2D eigenvalue weighted by atomic mass is 9.98. The Balaban J connectivity index is 2.28. The maximum Gasteiger partial charge on any atom is 0.348 e. The summed E-state index contributed by atoms with van der Waals surface area (Å²) in [5.74, 6) is 0.255. The predicted molar refractivity (Wildman–Crippen MR) is 107 cm³/mol. The second-order valence-corrected chi connectivity index (χ2v) is 7.18. The molecule has 2 aromatic rings. The molecule has 0 spiro atoms. The zero-order chi connectivity index (χ0) is 19.1. The normalized spacial score (nSPS) is 11.1. The molecule has 4 heteroatoms. The summed E-state index contributed by atoms with van der Waals surface area (Å²) in [4.78, 5) is 13.1. The molecule has 0 N–H and O–H groups in total. The van der Waals surface area contributed by atoms with Crippen LogP contribution in [0.2, 0.25) is 0 Å². The van der Waals surface area contributed by atoms with Crippen LogP contribution in [0.15, 0.2) is 46.9 Å². The van der Waals surface area contributed by atoms with Crippen LogP contribution in [0.4, 0.5) is 0 Å². The van der Waals surface area contributed by atoms with Crippen LogP contribution in [0.5, 0.6) is 0 Å². The second kappa shape index (κ2) is 9.26. The summed E-state index contributed by atoms with van der Waals surface area (Å²) in [6.07, 6.45) is 1.63. The highest BCUT2D eigenvalue weighted by Crippen LogP contribution is 2.28. The first-order valence-corrected chi connectivity index (χ1v) is 9.51. The number of nitriles is 1. The van der Waals surface area contributed by atoms with E-state index >= 15 is 0 Å². The Labute approximate surface area is 159 Å². The van der Waals surface area contributed by atoms with E-state index in [2.05, 4.69) is 37.3 Å². The van der Waals surface area contributed by atoms with Crippen molar-refractivity contribution in [3.8, 4) is 6.07 Å². The maximum absolute atomic E-state index is 11.9. The number of carbonyl (C=O) groups excluding carboxylic acids is 1. The number of aryl methyl sites for hydroxylation is 2. The fourth-order valence-electron chi connectivity index (χ4n) is 2.56. The van der Waals surface area contributed by atoms with Crippen molar-refractivity contribution < 1.29 is 9.53 Å². The van der Waals surface area contributed by atoms with Crippen molar-refractivity contribution in [1.82, 2.24) is 0 Å². The third-order valence-corrected chi connectivity index (χ3v) is 5.09. The average Bonchev–Trinajstić information content (AvgIpc) is 2.62. The molecule has 0 aliphatic rings. The van der Waals surface area contributed by atoms with Crippen LogP contribution >= 0.6 is 11.8 Å². The second-order valence-electron chi connectivity index (χ2n) is 6.13. The molecule has 0 aliphatic carbocycles. The molecule has 0 aromatic heterocycles. The van der Waals surface area contributed by atoms with Gasteiger partial charge in [0, 0.05) is 10.6 Å². The minimum Gasteiger partial charge on any atom is -0.462 e. The summed E-state index contributed by atoms with van der Waals surface area (Å²) < 4.78 is 4.95. The van der Waals surface area contributed by atoms with Gasteiger partial charge in [-0.05, 0) is 62.6 Å². The molecule has 0 heterocycles. The van der Waals surface area contributed by atoms with Crippen LogP contribution in [0, 0.1) is 32.1 Å². The predicted octanol–water partition coefficient (Wildman–Crippen LogP) is 5.37. The first-order chi connectivity index (χ1) is 12.4. The molecule has 0 amide bonds. The largest absolute Gasteiger partial charge is 0.462 e. The van der Waals surface area contributed by atoms with E-state index in [-0.39, 0.29) is 12.2 Å².